The Morgan fingerprint density at radius 2 is 2.05 bits per heavy atom. The largest absolute Gasteiger partial charge is 0.491 e. The molecule has 0 spiro atoms. The van der Waals surface area contributed by atoms with E-state index in [9.17, 15) is 4.79 Å². The Morgan fingerprint density at radius 1 is 1.35 bits per heavy atom. The van der Waals surface area contributed by atoms with Crippen LogP contribution in [0, 0.1) is 5.92 Å². The van der Waals surface area contributed by atoms with Crippen LogP contribution in [0.5, 0.6) is 5.75 Å². The molecule has 0 aliphatic carbocycles. The normalized spacial score (nSPS) is 12.2. The number of nitrogens with two attached hydrogens (primary N) is 1. The van der Waals surface area contributed by atoms with Crippen LogP contribution in [0.25, 0.3) is 0 Å². The number of carbonyl (C=O) groups excluding carboxylic acids is 1. The first-order valence-electron chi connectivity index (χ1n) is 7.32. The maximum absolute atomic E-state index is 12.0. The summed E-state index contributed by atoms with van der Waals surface area (Å²) < 4.78 is 5.70. The van der Waals surface area contributed by atoms with Crippen LogP contribution in [-0.4, -0.2) is 18.6 Å². The van der Waals surface area contributed by atoms with E-state index >= 15 is 0 Å². The van der Waals surface area contributed by atoms with Crippen LogP contribution in [0.15, 0.2) is 24.3 Å². The Bertz CT molecular complexity index is 419. The number of benzene rings is 1. The van der Waals surface area contributed by atoms with Gasteiger partial charge in [0.05, 0.1) is 18.3 Å². The second-order valence-corrected chi connectivity index (χ2v) is 5.44. The average Bonchev–Trinajstić information content (AvgIpc) is 2.43. The Labute approximate surface area is 121 Å². The van der Waals surface area contributed by atoms with E-state index in [1.165, 1.54) is 0 Å². The molecule has 0 saturated heterocycles. The summed E-state index contributed by atoms with van der Waals surface area (Å²) in [6, 6.07) is 6.99. The van der Waals surface area contributed by atoms with Crippen molar-refractivity contribution in [2.75, 3.05) is 11.9 Å². The number of rotatable bonds is 8. The molecule has 1 atom stereocenters. The van der Waals surface area contributed by atoms with Crippen LogP contribution >= 0.6 is 0 Å². The van der Waals surface area contributed by atoms with Gasteiger partial charge in [-0.05, 0) is 24.5 Å². The van der Waals surface area contributed by atoms with Crippen molar-refractivity contribution in [1.82, 2.24) is 0 Å². The molecule has 0 radical (unpaired) electrons. The smallest absolute Gasteiger partial charge is 0.241 e. The summed E-state index contributed by atoms with van der Waals surface area (Å²) in [6.07, 6.45) is 2.70. The zero-order valence-electron chi connectivity index (χ0n) is 12.7. The molecule has 1 aromatic carbocycles. The SMILES string of the molecule is CCCCC(N)C(=O)Nc1ccccc1OCC(C)C. The van der Waals surface area contributed by atoms with Crippen molar-refractivity contribution < 1.29 is 9.53 Å². The van der Waals surface area contributed by atoms with Crippen LogP contribution in [-0.2, 0) is 4.79 Å². The minimum Gasteiger partial charge on any atom is -0.491 e. The van der Waals surface area contributed by atoms with E-state index in [4.69, 9.17) is 10.5 Å². The number of hydrogen-bond acceptors (Lipinski definition) is 3. The summed E-state index contributed by atoms with van der Waals surface area (Å²) in [6.45, 7) is 6.87. The van der Waals surface area contributed by atoms with Gasteiger partial charge in [0, 0.05) is 0 Å². The van der Waals surface area contributed by atoms with Crippen LogP contribution in [0.3, 0.4) is 0 Å². The lowest BCUT2D eigenvalue weighted by atomic mass is 10.1. The highest BCUT2D eigenvalue weighted by atomic mass is 16.5. The Balaban J connectivity index is 2.64. The molecular formula is C16H26N2O2. The van der Waals surface area contributed by atoms with E-state index in [2.05, 4.69) is 26.1 Å². The van der Waals surface area contributed by atoms with E-state index in [1.807, 2.05) is 24.3 Å². The third-order valence-corrected chi connectivity index (χ3v) is 2.92. The highest BCUT2D eigenvalue weighted by molar-refractivity contribution is 5.95. The summed E-state index contributed by atoms with van der Waals surface area (Å²) in [5.41, 5.74) is 6.56. The molecular weight excluding hydrogens is 252 g/mol. The lowest BCUT2D eigenvalue weighted by molar-refractivity contribution is -0.117. The van der Waals surface area contributed by atoms with Gasteiger partial charge in [0.15, 0.2) is 0 Å². The number of hydrogen-bond donors (Lipinski definition) is 2. The number of nitrogens with one attached hydrogen (secondary N) is 1. The predicted molar refractivity (Wildman–Crippen MR) is 82.9 cm³/mol. The van der Waals surface area contributed by atoms with Crippen molar-refractivity contribution in [3.63, 3.8) is 0 Å². The molecule has 4 nitrogen and oxygen atoms in total. The van der Waals surface area contributed by atoms with Gasteiger partial charge >= 0.3 is 0 Å². The number of amides is 1. The van der Waals surface area contributed by atoms with Gasteiger partial charge in [0.25, 0.3) is 0 Å². The van der Waals surface area contributed by atoms with E-state index < -0.39 is 6.04 Å². The number of anilines is 1. The van der Waals surface area contributed by atoms with Crippen LogP contribution in [0.1, 0.15) is 40.0 Å². The first kappa shape index (κ1) is 16.5. The van der Waals surface area contributed by atoms with Gasteiger partial charge in [0.1, 0.15) is 5.75 Å². The van der Waals surface area contributed by atoms with E-state index in [1.54, 1.807) is 0 Å². The standard InChI is InChI=1S/C16H26N2O2/c1-4-5-8-13(17)16(19)18-14-9-6-7-10-15(14)20-11-12(2)3/h6-7,9-10,12-13H,4-5,8,11,17H2,1-3H3,(H,18,19). The van der Waals surface area contributed by atoms with Crippen molar-refractivity contribution >= 4 is 11.6 Å². The van der Waals surface area contributed by atoms with Crippen LogP contribution in [0.2, 0.25) is 0 Å². The molecule has 1 unspecified atom stereocenters. The molecule has 4 heteroatoms. The summed E-state index contributed by atoms with van der Waals surface area (Å²) in [5.74, 6) is 0.974. The topological polar surface area (TPSA) is 64.4 Å². The number of unbranched alkanes of at least 4 members (excludes halogenated alkanes) is 1. The molecule has 3 N–H and O–H groups in total. The van der Waals surface area contributed by atoms with E-state index in [-0.39, 0.29) is 5.91 Å². The summed E-state index contributed by atoms with van der Waals surface area (Å²) >= 11 is 0. The van der Waals surface area contributed by atoms with Crippen molar-refractivity contribution in [2.24, 2.45) is 11.7 Å². The average molecular weight is 278 g/mol. The first-order valence-corrected chi connectivity index (χ1v) is 7.32. The third-order valence-electron chi connectivity index (χ3n) is 2.92. The van der Waals surface area contributed by atoms with Gasteiger partial charge in [0.2, 0.25) is 5.91 Å². The molecule has 0 aliphatic heterocycles. The van der Waals surface area contributed by atoms with Crippen LogP contribution < -0.4 is 15.8 Å². The lowest BCUT2D eigenvalue weighted by Gasteiger charge is -2.16. The van der Waals surface area contributed by atoms with Crippen molar-refractivity contribution in [3.8, 4) is 5.75 Å². The zero-order chi connectivity index (χ0) is 15.0. The molecule has 112 valence electrons. The van der Waals surface area contributed by atoms with Gasteiger partial charge in [-0.1, -0.05) is 45.7 Å². The quantitative estimate of drug-likeness (QED) is 0.767. The fraction of sp³-hybridized carbons (Fsp3) is 0.562. The lowest BCUT2D eigenvalue weighted by Crippen LogP contribution is -2.35. The molecule has 0 aliphatic rings. The van der Waals surface area contributed by atoms with Gasteiger partial charge in [-0.25, -0.2) is 0 Å². The zero-order valence-corrected chi connectivity index (χ0v) is 12.7. The molecule has 1 aromatic rings. The minimum atomic E-state index is -0.465. The molecule has 0 saturated carbocycles. The fourth-order valence-electron chi connectivity index (χ4n) is 1.73. The molecule has 0 fully saturated rings. The minimum absolute atomic E-state index is 0.154. The Kier molecular flexibility index (Phi) is 7.09. The van der Waals surface area contributed by atoms with Crippen LogP contribution in [0.4, 0.5) is 5.69 Å². The maximum Gasteiger partial charge on any atom is 0.241 e. The Morgan fingerprint density at radius 3 is 2.70 bits per heavy atom. The van der Waals surface area contributed by atoms with E-state index in [0.29, 0.717) is 30.4 Å². The summed E-state index contributed by atoms with van der Waals surface area (Å²) in [4.78, 5) is 12.0. The molecule has 0 bridgehead atoms. The van der Waals surface area contributed by atoms with E-state index in [0.717, 1.165) is 12.8 Å². The summed E-state index contributed by atoms with van der Waals surface area (Å²) in [5, 5.41) is 2.85. The predicted octanol–water partition coefficient (Wildman–Crippen LogP) is 3.18. The Hall–Kier alpha value is -1.55. The van der Waals surface area contributed by atoms with Gasteiger partial charge < -0.3 is 15.8 Å². The molecule has 1 rings (SSSR count). The highest BCUT2D eigenvalue weighted by Gasteiger charge is 2.14. The second-order valence-electron chi connectivity index (χ2n) is 5.44. The third kappa shape index (κ3) is 5.61. The number of para-hydroxylation sites is 2. The van der Waals surface area contributed by atoms with Gasteiger partial charge in [-0.3, -0.25) is 4.79 Å². The van der Waals surface area contributed by atoms with Gasteiger partial charge in [-0.15, -0.1) is 0 Å². The first-order chi connectivity index (χ1) is 9.54. The molecule has 0 aromatic heterocycles. The number of ether oxygens (including phenoxy) is 1. The summed E-state index contributed by atoms with van der Waals surface area (Å²) in [7, 11) is 0. The molecule has 0 heterocycles. The molecule has 20 heavy (non-hydrogen) atoms. The molecule has 1 amide bonds. The number of carbonyl (C=O) groups is 1. The van der Waals surface area contributed by atoms with Gasteiger partial charge in [-0.2, -0.15) is 0 Å². The second kappa shape index (κ2) is 8.59. The van der Waals surface area contributed by atoms with Crippen molar-refractivity contribution in [3.05, 3.63) is 24.3 Å². The maximum atomic E-state index is 12.0. The monoisotopic (exact) mass is 278 g/mol. The highest BCUT2D eigenvalue weighted by Crippen LogP contribution is 2.24. The fourth-order valence-corrected chi connectivity index (χ4v) is 1.73. The van der Waals surface area contributed by atoms with Crippen molar-refractivity contribution in [1.29, 1.82) is 0 Å². The van der Waals surface area contributed by atoms with Crippen molar-refractivity contribution in [2.45, 2.75) is 46.1 Å².